The molecule has 1 aromatic heterocycles. The lowest BCUT2D eigenvalue weighted by atomic mass is 10.1. The van der Waals surface area contributed by atoms with Crippen LogP contribution in [0.1, 0.15) is 6.42 Å². The summed E-state index contributed by atoms with van der Waals surface area (Å²) < 4.78 is 26.2. The quantitative estimate of drug-likeness (QED) is 0.649. The van der Waals surface area contributed by atoms with Crippen LogP contribution in [0.2, 0.25) is 5.28 Å². The Kier molecular flexibility index (Phi) is 3.58. The lowest BCUT2D eigenvalue weighted by molar-refractivity contribution is 0.147. The van der Waals surface area contributed by atoms with Crippen LogP contribution in [0.25, 0.3) is 10.9 Å². The summed E-state index contributed by atoms with van der Waals surface area (Å²) in [6.07, 6.45) is 0.820. The zero-order valence-corrected chi connectivity index (χ0v) is 13.8. The summed E-state index contributed by atoms with van der Waals surface area (Å²) in [6, 6.07) is 1.74. The average Bonchev–Trinajstić information content (AvgIpc) is 2.80. The van der Waals surface area contributed by atoms with Crippen LogP contribution in [-0.4, -0.2) is 42.4 Å². The van der Waals surface area contributed by atoms with Crippen molar-refractivity contribution in [2.24, 2.45) is 0 Å². The first kappa shape index (κ1) is 14.4. The van der Waals surface area contributed by atoms with Gasteiger partial charge in [-0.1, -0.05) is 0 Å². The van der Waals surface area contributed by atoms with Gasteiger partial charge >= 0.3 is 0 Å². The maximum absolute atomic E-state index is 14.4. The van der Waals surface area contributed by atoms with E-state index in [1.54, 1.807) is 6.07 Å². The van der Waals surface area contributed by atoms with Crippen LogP contribution < -0.4 is 9.64 Å². The Labute approximate surface area is 139 Å². The van der Waals surface area contributed by atoms with Crippen molar-refractivity contribution in [3.05, 3.63) is 21.6 Å². The normalized spacial score (nSPS) is 21.0. The second-order valence-electron chi connectivity index (χ2n) is 5.27. The van der Waals surface area contributed by atoms with E-state index in [2.05, 4.69) is 30.8 Å². The molecule has 1 fully saturated rings. The molecule has 0 saturated carbocycles. The summed E-state index contributed by atoms with van der Waals surface area (Å²) in [6.45, 7) is 2.41. The third-order valence-electron chi connectivity index (χ3n) is 4.00. The minimum atomic E-state index is -0.461. The minimum Gasteiger partial charge on any atom is -0.491 e. The van der Waals surface area contributed by atoms with E-state index >= 15 is 0 Å². The summed E-state index contributed by atoms with van der Waals surface area (Å²) in [5, 5.41) is 0.589. The van der Waals surface area contributed by atoms with E-state index in [-0.39, 0.29) is 16.8 Å². The monoisotopic (exact) mass is 387 g/mol. The Balaban J connectivity index is 2.02. The standard InChI is InChI=1S/C14H12BrClFN3O2/c15-8-5-9-10-12(11(8)17)18-14(16)19-13(10)20-2-4-21-3-1-7(20)6-22-9/h5,7H,1-4,6H2. The molecule has 1 saturated heterocycles. The van der Waals surface area contributed by atoms with Crippen molar-refractivity contribution in [1.82, 2.24) is 9.97 Å². The molecule has 0 radical (unpaired) electrons. The SMILES string of the molecule is Fc1c(Br)cc2c3c(nc(Cl)nc13)N1CCOCCC1CO2. The highest BCUT2D eigenvalue weighted by Gasteiger charge is 2.31. The highest BCUT2D eigenvalue weighted by molar-refractivity contribution is 9.10. The van der Waals surface area contributed by atoms with Crippen LogP contribution in [0.4, 0.5) is 10.2 Å². The van der Waals surface area contributed by atoms with Gasteiger partial charge in [0.05, 0.1) is 22.5 Å². The summed E-state index contributed by atoms with van der Waals surface area (Å²) in [7, 11) is 0. The molecule has 2 aliphatic rings. The number of fused-ring (bicyclic) bond motifs is 2. The zero-order chi connectivity index (χ0) is 15.3. The summed E-state index contributed by atoms with van der Waals surface area (Å²) in [5.41, 5.74) is 0.171. The largest absolute Gasteiger partial charge is 0.491 e. The molecule has 0 aliphatic carbocycles. The van der Waals surface area contributed by atoms with Crippen molar-refractivity contribution in [3.63, 3.8) is 0 Å². The van der Waals surface area contributed by atoms with Crippen LogP contribution in [0.15, 0.2) is 10.5 Å². The molecule has 1 unspecified atom stereocenters. The van der Waals surface area contributed by atoms with E-state index in [1.165, 1.54) is 0 Å². The van der Waals surface area contributed by atoms with E-state index in [0.717, 1.165) is 6.42 Å². The van der Waals surface area contributed by atoms with Crippen LogP contribution in [0, 0.1) is 5.82 Å². The Morgan fingerprint density at radius 2 is 2.23 bits per heavy atom. The smallest absolute Gasteiger partial charge is 0.225 e. The van der Waals surface area contributed by atoms with Gasteiger partial charge in [-0.25, -0.2) is 9.37 Å². The van der Waals surface area contributed by atoms with Gasteiger partial charge < -0.3 is 14.4 Å². The number of hydrogen-bond donors (Lipinski definition) is 0. The second kappa shape index (κ2) is 5.47. The number of hydrogen-bond acceptors (Lipinski definition) is 5. The van der Waals surface area contributed by atoms with Gasteiger partial charge in [0.15, 0.2) is 5.82 Å². The topological polar surface area (TPSA) is 47.5 Å². The van der Waals surface area contributed by atoms with Crippen molar-refractivity contribution in [2.45, 2.75) is 12.5 Å². The van der Waals surface area contributed by atoms with E-state index in [0.29, 0.717) is 47.8 Å². The summed E-state index contributed by atoms with van der Waals surface area (Å²) >= 11 is 9.23. The van der Waals surface area contributed by atoms with Gasteiger partial charge in [0.25, 0.3) is 0 Å². The fraction of sp³-hybridized carbons (Fsp3) is 0.429. The number of benzene rings is 1. The predicted molar refractivity (Wildman–Crippen MR) is 84.3 cm³/mol. The van der Waals surface area contributed by atoms with Crippen molar-refractivity contribution in [2.75, 3.05) is 31.3 Å². The van der Waals surface area contributed by atoms with Gasteiger partial charge in [0.2, 0.25) is 5.28 Å². The molecule has 2 aromatic rings. The van der Waals surface area contributed by atoms with Gasteiger partial charge in [-0.05, 0) is 40.0 Å². The Morgan fingerprint density at radius 1 is 1.36 bits per heavy atom. The molecule has 4 rings (SSSR count). The highest BCUT2D eigenvalue weighted by atomic mass is 79.9. The Bertz CT molecular complexity index is 761. The van der Waals surface area contributed by atoms with Gasteiger partial charge in [0, 0.05) is 13.2 Å². The van der Waals surface area contributed by atoms with E-state index in [4.69, 9.17) is 21.1 Å². The molecule has 5 nitrogen and oxygen atoms in total. The molecule has 116 valence electrons. The van der Waals surface area contributed by atoms with E-state index in [9.17, 15) is 4.39 Å². The number of rotatable bonds is 0. The first-order valence-electron chi connectivity index (χ1n) is 6.97. The van der Waals surface area contributed by atoms with Crippen LogP contribution >= 0.6 is 27.5 Å². The van der Waals surface area contributed by atoms with Gasteiger partial charge in [0.1, 0.15) is 23.7 Å². The number of aromatic nitrogens is 2. The summed E-state index contributed by atoms with van der Waals surface area (Å²) in [5.74, 6) is 0.728. The third-order valence-corrected chi connectivity index (χ3v) is 4.75. The number of ether oxygens (including phenoxy) is 2. The lowest BCUT2D eigenvalue weighted by Gasteiger charge is -2.28. The average molecular weight is 389 g/mol. The summed E-state index contributed by atoms with van der Waals surface area (Å²) in [4.78, 5) is 10.5. The molecule has 0 bridgehead atoms. The molecular formula is C14H12BrClFN3O2. The first-order chi connectivity index (χ1) is 10.6. The third kappa shape index (κ3) is 2.23. The van der Waals surface area contributed by atoms with Gasteiger partial charge in [-0.2, -0.15) is 4.98 Å². The number of nitrogens with zero attached hydrogens (tertiary/aromatic N) is 3. The van der Waals surface area contributed by atoms with Gasteiger partial charge in [-0.15, -0.1) is 0 Å². The minimum absolute atomic E-state index is 0.0243. The predicted octanol–water partition coefficient (Wildman–Crippen LogP) is 3.17. The number of anilines is 1. The van der Waals surface area contributed by atoms with Crippen LogP contribution in [-0.2, 0) is 4.74 Å². The van der Waals surface area contributed by atoms with E-state index < -0.39 is 5.82 Å². The fourth-order valence-corrected chi connectivity index (χ4v) is 3.51. The molecule has 0 amide bonds. The molecule has 1 aromatic carbocycles. The van der Waals surface area contributed by atoms with Crippen molar-refractivity contribution >= 4 is 44.3 Å². The van der Waals surface area contributed by atoms with Crippen LogP contribution in [0.3, 0.4) is 0 Å². The molecule has 22 heavy (non-hydrogen) atoms. The van der Waals surface area contributed by atoms with Crippen molar-refractivity contribution in [3.8, 4) is 5.75 Å². The Morgan fingerprint density at radius 3 is 3.09 bits per heavy atom. The number of halogens is 3. The molecule has 2 aliphatic heterocycles. The maximum atomic E-state index is 14.4. The van der Waals surface area contributed by atoms with Crippen molar-refractivity contribution < 1.29 is 13.9 Å². The zero-order valence-electron chi connectivity index (χ0n) is 11.5. The van der Waals surface area contributed by atoms with Gasteiger partial charge in [-0.3, -0.25) is 0 Å². The van der Waals surface area contributed by atoms with Crippen molar-refractivity contribution in [1.29, 1.82) is 0 Å². The maximum Gasteiger partial charge on any atom is 0.225 e. The second-order valence-corrected chi connectivity index (χ2v) is 6.46. The van der Waals surface area contributed by atoms with E-state index in [1.807, 2.05) is 0 Å². The first-order valence-corrected chi connectivity index (χ1v) is 8.14. The molecule has 8 heteroatoms. The highest BCUT2D eigenvalue weighted by Crippen LogP contribution is 2.41. The van der Waals surface area contributed by atoms with Crippen LogP contribution in [0.5, 0.6) is 5.75 Å². The lowest BCUT2D eigenvalue weighted by Crippen LogP contribution is -2.39. The molecule has 0 spiro atoms. The molecular weight excluding hydrogens is 377 g/mol. The fourth-order valence-electron chi connectivity index (χ4n) is 2.95. The Hall–Kier alpha value is -1.18. The molecule has 1 atom stereocenters. The molecule has 3 heterocycles. The molecule has 0 N–H and O–H groups in total.